The van der Waals surface area contributed by atoms with Gasteiger partial charge in [0.05, 0.1) is 19.8 Å². The molecule has 53 heavy (non-hydrogen) atoms. The standard InChI is InChI=1S/C37H71F2N2O10PS/c1-3-5-7-9-11-13-15-17-19-21-33(42)51-32(28-50-34(52(45,46)47)22-20-18-16-14-12-10-8-6-4-2)30-53-29-31(40)27-41-23-24-48-25-26-49-37(44)35(43)36(38)39/h31-32,34,36,41H,3-30,40H2,1-2H3,(H2,45,46,47)/t31-,32-,34?/m1/s1. The van der Waals surface area contributed by atoms with Gasteiger partial charge in [-0.3, -0.25) is 14.2 Å². The number of unbranched alkanes of at least 4 members (excludes halogenated alkanes) is 16. The first-order chi connectivity index (χ1) is 25.4. The van der Waals surface area contributed by atoms with E-state index < -0.39 is 37.7 Å². The minimum absolute atomic E-state index is 0.0603. The van der Waals surface area contributed by atoms with Crippen LogP contribution in [0.3, 0.4) is 0 Å². The zero-order chi connectivity index (χ0) is 39.6. The van der Waals surface area contributed by atoms with Crippen molar-refractivity contribution in [3.8, 4) is 0 Å². The molecule has 0 rings (SSSR count). The van der Waals surface area contributed by atoms with E-state index in [1.807, 2.05) is 0 Å². The molecule has 0 aromatic carbocycles. The van der Waals surface area contributed by atoms with Crippen molar-refractivity contribution < 1.29 is 56.5 Å². The topological polar surface area (TPSA) is 184 Å². The van der Waals surface area contributed by atoms with Crippen molar-refractivity contribution in [2.45, 2.75) is 167 Å². The lowest BCUT2D eigenvalue weighted by Crippen LogP contribution is -2.38. The summed E-state index contributed by atoms with van der Waals surface area (Å²) in [4.78, 5) is 54.6. The molecule has 0 aliphatic carbocycles. The van der Waals surface area contributed by atoms with Gasteiger partial charge in [-0.1, -0.05) is 123 Å². The molecule has 0 aliphatic rings. The normalized spacial score (nSPS) is 13.6. The van der Waals surface area contributed by atoms with Crippen LogP contribution in [0.15, 0.2) is 0 Å². The third kappa shape index (κ3) is 32.7. The molecule has 0 saturated heterocycles. The first kappa shape index (κ1) is 51.8. The van der Waals surface area contributed by atoms with E-state index >= 15 is 0 Å². The summed E-state index contributed by atoms with van der Waals surface area (Å²) < 4.78 is 57.8. The van der Waals surface area contributed by atoms with E-state index in [1.54, 1.807) is 0 Å². The first-order valence-electron chi connectivity index (χ1n) is 19.9. The maximum Gasteiger partial charge on any atom is 0.380 e. The van der Waals surface area contributed by atoms with Crippen LogP contribution in [-0.4, -0.2) is 103 Å². The molecule has 0 aromatic rings. The predicted octanol–water partition coefficient (Wildman–Crippen LogP) is 7.30. The predicted molar refractivity (Wildman–Crippen MR) is 206 cm³/mol. The van der Waals surface area contributed by atoms with E-state index in [2.05, 4.69) is 23.9 Å². The van der Waals surface area contributed by atoms with Crippen molar-refractivity contribution in [1.82, 2.24) is 5.32 Å². The van der Waals surface area contributed by atoms with Crippen molar-refractivity contribution in [1.29, 1.82) is 0 Å². The van der Waals surface area contributed by atoms with E-state index in [0.717, 1.165) is 44.9 Å². The monoisotopic (exact) mass is 804 g/mol. The maximum atomic E-state index is 12.8. The largest absolute Gasteiger partial charge is 0.459 e. The number of rotatable bonds is 39. The van der Waals surface area contributed by atoms with Crippen molar-refractivity contribution in [3.63, 3.8) is 0 Å². The van der Waals surface area contributed by atoms with Crippen molar-refractivity contribution in [3.05, 3.63) is 0 Å². The second kappa shape index (κ2) is 35.2. The molecule has 0 amide bonds. The van der Waals surface area contributed by atoms with Crippen LogP contribution in [-0.2, 0) is 37.9 Å². The van der Waals surface area contributed by atoms with E-state index in [9.17, 15) is 37.5 Å². The number of esters is 2. The summed E-state index contributed by atoms with van der Waals surface area (Å²) in [5.41, 5.74) is 6.23. The van der Waals surface area contributed by atoms with Crippen LogP contribution in [0.1, 0.15) is 142 Å². The Bertz CT molecular complexity index is 967. The van der Waals surface area contributed by atoms with Crippen molar-refractivity contribution in [2.24, 2.45) is 5.73 Å². The van der Waals surface area contributed by atoms with Gasteiger partial charge in [-0.15, -0.1) is 0 Å². The number of hydrogen-bond donors (Lipinski definition) is 4. The van der Waals surface area contributed by atoms with Crippen molar-refractivity contribution in [2.75, 3.05) is 51.0 Å². The minimum atomic E-state index is -4.53. The lowest BCUT2D eigenvalue weighted by molar-refractivity contribution is -0.159. The van der Waals surface area contributed by atoms with Gasteiger partial charge in [0.25, 0.3) is 0 Å². The second-order valence-corrected chi connectivity index (χ2v) is 16.4. The smallest absolute Gasteiger partial charge is 0.380 e. The second-order valence-electron chi connectivity index (χ2n) is 13.6. The molecule has 0 bridgehead atoms. The fourth-order valence-corrected chi connectivity index (χ4v) is 7.22. The Labute approximate surface area is 321 Å². The summed E-state index contributed by atoms with van der Waals surface area (Å²) in [6.45, 7) is 4.96. The van der Waals surface area contributed by atoms with Crippen LogP contribution in [0.25, 0.3) is 0 Å². The minimum Gasteiger partial charge on any atom is -0.459 e. The number of thioether (sulfide) groups is 1. The lowest BCUT2D eigenvalue weighted by Gasteiger charge is -2.24. The molecule has 0 radical (unpaired) electrons. The number of nitrogens with one attached hydrogen (secondary N) is 1. The summed E-state index contributed by atoms with van der Waals surface area (Å²) in [6, 6.07) is -0.268. The van der Waals surface area contributed by atoms with E-state index in [1.165, 1.54) is 76.0 Å². The SMILES string of the molecule is CCCCCCCCCCCC(=O)O[C@H](COC(CCCCCCCCCCC)P(=O)(O)O)CSC[C@H](N)CNCCOCCOC(=O)C(=O)C(F)F. The zero-order valence-corrected chi connectivity index (χ0v) is 34.2. The average Bonchev–Trinajstić information content (AvgIpc) is 3.11. The van der Waals surface area contributed by atoms with Crippen molar-refractivity contribution >= 4 is 37.1 Å². The Balaban J connectivity index is 4.70. The van der Waals surface area contributed by atoms with E-state index in [0.29, 0.717) is 31.0 Å². The van der Waals surface area contributed by atoms with Gasteiger partial charge in [0.2, 0.25) is 0 Å². The molecule has 0 saturated carbocycles. The number of ether oxygens (including phenoxy) is 4. The van der Waals surface area contributed by atoms with Crippen LogP contribution in [0.4, 0.5) is 8.78 Å². The molecular weight excluding hydrogens is 733 g/mol. The lowest BCUT2D eigenvalue weighted by atomic mass is 10.1. The van der Waals surface area contributed by atoms with Gasteiger partial charge < -0.3 is 39.8 Å². The maximum absolute atomic E-state index is 12.8. The first-order valence-corrected chi connectivity index (χ1v) is 22.7. The summed E-state index contributed by atoms with van der Waals surface area (Å²) in [7, 11) is -4.53. The van der Waals surface area contributed by atoms with Crippen LogP contribution in [0.2, 0.25) is 0 Å². The Morgan fingerprint density at radius 1 is 0.774 bits per heavy atom. The van der Waals surface area contributed by atoms with Gasteiger partial charge in [-0.25, -0.2) is 13.6 Å². The van der Waals surface area contributed by atoms with E-state index in [-0.39, 0.29) is 51.3 Å². The number of ketones is 1. The van der Waals surface area contributed by atoms with Gasteiger partial charge in [0, 0.05) is 37.1 Å². The van der Waals surface area contributed by atoms with Gasteiger partial charge in [-0.05, 0) is 12.8 Å². The van der Waals surface area contributed by atoms with Gasteiger partial charge in [-0.2, -0.15) is 11.8 Å². The fraction of sp³-hybridized carbons (Fsp3) is 0.919. The van der Waals surface area contributed by atoms with Gasteiger partial charge >= 0.3 is 31.7 Å². The molecule has 16 heteroatoms. The molecule has 0 aromatic heterocycles. The van der Waals surface area contributed by atoms with E-state index in [4.69, 9.17) is 19.9 Å². The molecule has 12 nitrogen and oxygen atoms in total. The quantitative estimate of drug-likeness (QED) is 0.0210. The van der Waals surface area contributed by atoms with Gasteiger partial charge in [0.1, 0.15) is 12.7 Å². The molecule has 5 N–H and O–H groups in total. The van der Waals surface area contributed by atoms with Gasteiger partial charge in [0.15, 0.2) is 5.85 Å². The van der Waals surface area contributed by atoms with Crippen LogP contribution in [0, 0.1) is 0 Å². The Kier molecular flexibility index (Phi) is 34.4. The molecule has 0 aliphatic heterocycles. The number of carbonyl (C=O) groups excluding carboxylic acids is 3. The third-order valence-electron chi connectivity index (χ3n) is 8.51. The number of alkyl halides is 2. The summed E-state index contributed by atoms with van der Waals surface area (Å²) >= 11 is 1.45. The summed E-state index contributed by atoms with van der Waals surface area (Å²) in [5.74, 6) is -4.23. The number of nitrogens with two attached hydrogens (primary N) is 1. The number of halogens is 2. The highest BCUT2D eigenvalue weighted by molar-refractivity contribution is 7.99. The molecule has 0 spiro atoms. The number of hydrogen-bond acceptors (Lipinski definition) is 11. The summed E-state index contributed by atoms with van der Waals surface area (Å²) in [6.07, 6.45) is 16.3. The molecule has 3 atom stereocenters. The molecule has 314 valence electrons. The average molecular weight is 805 g/mol. The molecule has 0 heterocycles. The Morgan fingerprint density at radius 2 is 1.32 bits per heavy atom. The molecule has 1 unspecified atom stereocenters. The molecular formula is C37H71F2N2O10PS. The highest BCUT2D eigenvalue weighted by atomic mass is 32.2. The number of Topliss-reactive ketones (excluding diaryl/α,β-unsaturated/α-hetero) is 1. The summed E-state index contributed by atoms with van der Waals surface area (Å²) in [5, 5.41) is 3.12. The third-order valence-corrected chi connectivity index (χ3v) is 10.9. The van der Waals surface area contributed by atoms with Crippen LogP contribution in [0.5, 0.6) is 0 Å². The zero-order valence-electron chi connectivity index (χ0n) is 32.5. The fourth-order valence-electron chi connectivity index (χ4n) is 5.43. The van der Waals surface area contributed by atoms with Crippen LogP contribution >= 0.6 is 19.4 Å². The highest BCUT2D eigenvalue weighted by Crippen LogP contribution is 2.44. The number of carbonyl (C=O) groups is 3. The van der Waals surface area contributed by atoms with Crippen LogP contribution < -0.4 is 11.1 Å². The Morgan fingerprint density at radius 3 is 1.87 bits per heavy atom. The Hall–Kier alpha value is -1.19. The molecule has 0 fully saturated rings. The highest BCUT2D eigenvalue weighted by Gasteiger charge is 2.31.